The highest BCUT2D eigenvalue weighted by Crippen LogP contribution is 2.20. The summed E-state index contributed by atoms with van der Waals surface area (Å²) in [5.41, 5.74) is 1.96. The average Bonchev–Trinajstić information content (AvgIpc) is 2.66. The number of carbonyl (C=O) groups excluding carboxylic acids is 1. The molecule has 1 heterocycles. The van der Waals surface area contributed by atoms with E-state index in [2.05, 4.69) is 41.2 Å². The average molecular weight is 324 g/mol. The van der Waals surface area contributed by atoms with Crippen molar-refractivity contribution in [2.45, 2.75) is 20.4 Å². The summed E-state index contributed by atoms with van der Waals surface area (Å²) in [6.07, 6.45) is 0. The molecule has 0 bridgehead atoms. The van der Waals surface area contributed by atoms with Gasteiger partial charge in [0.05, 0.1) is 6.54 Å². The highest BCUT2D eigenvalue weighted by Gasteiger charge is 2.07. The zero-order valence-corrected chi connectivity index (χ0v) is 12.7. The van der Waals surface area contributed by atoms with Gasteiger partial charge in [-0.1, -0.05) is 22.0 Å². The van der Waals surface area contributed by atoms with Gasteiger partial charge in [0.25, 0.3) is 5.91 Å². The molecule has 0 aliphatic heterocycles. The van der Waals surface area contributed by atoms with Crippen molar-refractivity contribution >= 4 is 33.2 Å². The molecule has 4 heteroatoms. The van der Waals surface area contributed by atoms with Crippen LogP contribution >= 0.6 is 27.3 Å². The maximum atomic E-state index is 11.9. The Kier molecular flexibility index (Phi) is 4.19. The van der Waals surface area contributed by atoms with E-state index >= 15 is 0 Å². The first-order valence-corrected chi connectivity index (χ1v) is 7.27. The zero-order chi connectivity index (χ0) is 13.1. The SMILES string of the molecule is Cc1cc(CNC(=O)c2cccc(Br)c2)sc1C. The Morgan fingerprint density at radius 2 is 2.11 bits per heavy atom. The monoisotopic (exact) mass is 323 g/mol. The van der Waals surface area contributed by atoms with E-state index in [0.29, 0.717) is 12.1 Å². The van der Waals surface area contributed by atoms with Crippen LogP contribution < -0.4 is 5.32 Å². The zero-order valence-electron chi connectivity index (χ0n) is 10.3. The van der Waals surface area contributed by atoms with Crippen molar-refractivity contribution in [3.05, 3.63) is 55.7 Å². The fraction of sp³-hybridized carbons (Fsp3) is 0.214. The summed E-state index contributed by atoms with van der Waals surface area (Å²) >= 11 is 5.09. The van der Waals surface area contributed by atoms with Gasteiger partial charge < -0.3 is 5.32 Å². The maximum Gasteiger partial charge on any atom is 0.251 e. The van der Waals surface area contributed by atoms with E-state index in [9.17, 15) is 4.79 Å². The summed E-state index contributed by atoms with van der Waals surface area (Å²) < 4.78 is 0.915. The molecule has 2 rings (SSSR count). The number of aryl methyl sites for hydroxylation is 2. The first-order chi connectivity index (χ1) is 8.56. The van der Waals surface area contributed by atoms with Crippen LogP contribution in [-0.4, -0.2) is 5.91 Å². The molecule has 1 aromatic heterocycles. The van der Waals surface area contributed by atoms with Gasteiger partial charge in [0, 0.05) is 19.8 Å². The standard InChI is InChI=1S/C14H14BrNOS/c1-9-6-13(18-10(9)2)8-16-14(17)11-4-3-5-12(15)7-11/h3-7H,8H2,1-2H3,(H,16,17). The van der Waals surface area contributed by atoms with Crippen molar-refractivity contribution < 1.29 is 4.79 Å². The van der Waals surface area contributed by atoms with Crippen LogP contribution in [0.2, 0.25) is 0 Å². The second kappa shape index (κ2) is 5.67. The van der Waals surface area contributed by atoms with Gasteiger partial charge in [0.2, 0.25) is 0 Å². The molecule has 0 radical (unpaired) electrons. The molecule has 1 aromatic carbocycles. The van der Waals surface area contributed by atoms with Crippen LogP contribution in [0.1, 0.15) is 25.7 Å². The minimum atomic E-state index is -0.0417. The van der Waals surface area contributed by atoms with Crippen molar-refractivity contribution in [2.24, 2.45) is 0 Å². The molecule has 0 saturated heterocycles. The number of carbonyl (C=O) groups is 1. The molecule has 2 aromatic rings. The summed E-state index contributed by atoms with van der Waals surface area (Å²) in [5, 5.41) is 2.93. The molecular weight excluding hydrogens is 310 g/mol. The minimum absolute atomic E-state index is 0.0417. The number of nitrogens with one attached hydrogen (secondary N) is 1. The number of hydrogen-bond donors (Lipinski definition) is 1. The Bertz CT molecular complexity index is 557. The van der Waals surface area contributed by atoms with Crippen LogP contribution in [0.5, 0.6) is 0 Å². The third-order valence-corrected chi connectivity index (χ3v) is 4.37. The molecule has 0 spiro atoms. The lowest BCUT2D eigenvalue weighted by molar-refractivity contribution is 0.0951. The number of thiophene rings is 1. The van der Waals surface area contributed by atoms with E-state index in [0.717, 1.165) is 4.47 Å². The molecule has 2 nitrogen and oxygen atoms in total. The van der Waals surface area contributed by atoms with Gasteiger partial charge in [-0.2, -0.15) is 0 Å². The quantitative estimate of drug-likeness (QED) is 0.906. The van der Waals surface area contributed by atoms with E-state index in [-0.39, 0.29) is 5.91 Å². The molecule has 0 aliphatic rings. The van der Waals surface area contributed by atoms with Crippen molar-refractivity contribution in [1.29, 1.82) is 0 Å². The van der Waals surface area contributed by atoms with Crippen LogP contribution in [0.15, 0.2) is 34.8 Å². The molecule has 1 amide bonds. The van der Waals surface area contributed by atoms with Crippen molar-refractivity contribution in [1.82, 2.24) is 5.32 Å². The third kappa shape index (κ3) is 3.21. The lowest BCUT2D eigenvalue weighted by Crippen LogP contribution is -2.22. The van der Waals surface area contributed by atoms with Gasteiger partial charge in [-0.15, -0.1) is 11.3 Å². The second-order valence-corrected chi connectivity index (χ2v) is 6.40. The first-order valence-electron chi connectivity index (χ1n) is 5.66. The summed E-state index contributed by atoms with van der Waals surface area (Å²) in [7, 11) is 0. The molecule has 0 fully saturated rings. The van der Waals surface area contributed by atoms with E-state index in [4.69, 9.17) is 0 Å². The predicted octanol–water partition coefficient (Wildman–Crippen LogP) is 4.06. The second-order valence-electron chi connectivity index (χ2n) is 4.14. The van der Waals surface area contributed by atoms with Gasteiger partial charge >= 0.3 is 0 Å². The smallest absolute Gasteiger partial charge is 0.251 e. The molecule has 1 N–H and O–H groups in total. The van der Waals surface area contributed by atoms with E-state index < -0.39 is 0 Å². The lowest BCUT2D eigenvalue weighted by atomic mass is 10.2. The Labute approximate surface area is 119 Å². The van der Waals surface area contributed by atoms with Crippen LogP contribution in [0, 0.1) is 13.8 Å². The van der Waals surface area contributed by atoms with Crippen molar-refractivity contribution in [2.75, 3.05) is 0 Å². The van der Waals surface area contributed by atoms with Gasteiger partial charge in [-0.05, 0) is 43.7 Å². The minimum Gasteiger partial charge on any atom is -0.347 e. The van der Waals surface area contributed by atoms with Crippen LogP contribution in [0.3, 0.4) is 0 Å². The Balaban J connectivity index is 2.00. The number of benzene rings is 1. The fourth-order valence-corrected chi connectivity index (χ4v) is 3.03. The van der Waals surface area contributed by atoms with Gasteiger partial charge in [-0.3, -0.25) is 4.79 Å². The number of amides is 1. The number of hydrogen-bond acceptors (Lipinski definition) is 2. The summed E-state index contributed by atoms with van der Waals surface area (Å²) in [6, 6.07) is 9.52. The topological polar surface area (TPSA) is 29.1 Å². The van der Waals surface area contributed by atoms with E-state index in [1.807, 2.05) is 24.3 Å². The summed E-state index contributed by atoms with van der Waals surface area (Å²) in [4.78, 5) is 14.4. The third-order valence-electron chi connectivity index (χ3n) is 2.73. The largest absolute Gasteiger partial charge is 0.347 e. The molecule has 0 saturated carbocycles. The molecular formula is C14H14BrNOS. The molecule has 18 heavy (non-hydrogen) atoms. The molecule has 0 atom stereocenters. The van der Waals surface area contributed by atoms with E-state index in [1.165, 1.54) is 15.3 Å². The molecule has 0 unspecified atom stereocenters. The normalized spacial score (nSPS) is 10.4. The molecule has 94 valence electrons. The van der Waals surface area contributed by atoms with E-state index in [1.54, 1.807) is 11.3 Å². The Hall–Kier alpha value is -1.13. The first kappa shape index (κ1) is 13.3. The Morgan fingerprint density at radius 3 is 2.72 bits per heavy atom. The van der Waals surface area contributed by atoms with Gasteiger partial charge in [0.15, 0.2) is 0 Å². The summed E-state index contributed by atoms with van der Waals surface area (Å²) in [6.45, 7) is 4.77. The van der Waals surface area contributed by atoms with Crippen molar-refractivity contribution in [3.63, 3.8) is 0 Å². The van der Waals surface area contributed by atoms with Gasteiger partial charge in [-0.25, -0.2) is 0 Å². The van der Waals surface area contributed by atoms with Gasteiger partial charge in [0.1, 0.15) is 0 Å². The number of rotatable bonds is 3. The Morgan fingerprint density at radius 1 is 1.33 bits per heavy atom. The van der Waals surface area contributed by atoms with Crippen LogP contribution in [0.4, 0.5) is 0 Å². The predicted molar refractivity (Wildman–Crippen MR) is 79.1 cm³/mol. The molecule has 0 aliphatic carbocycles. The van der Waals surface area contributed by atoms with Crippen LogP contribution in [0.25, 0.3) is 0 Å². The number of halogens is 1. The summed E-state index contributed by atoms with van der Waals surface area (Å²) in [5.74, 6) is -0.0417. The lowest BCUT2D eigenvalue weighted by Gasteiger charge is -2.03. The van der Waals surface area contributed by atoms with Crippen molar-refractivity contribution in [3.8, 4) is 0 Å². The highest BCUT2D eigenvalue weighted by molar-refractivity contribution is 9.10. The van der Waals surface area contributed by atoms with Crippen LogP contribution in [-0.2, 0) is 6.54 Å². The maximum absolute atomic E-state index is 11.9. The highest BCUT2D eigenvalue weighted by atomic mass is 79.9. The fourth-order valence-electron chi connectivity index (χ4n) is 1.64.